The van der Waals surface area contributed by atoms with Crippen molar-refractivity contribution in [2.75, 3.05) is 14.2 Å². The third-order valence-corrected chi connectivity index (χ3v) is 3.69. The lowest BCUT2D eigenvalue weighted by Gasteiger charge is -2.13. The van der Waals surface area contributed by atoms with E-state index < -0.39 is 0 Å². The first-order valence-electron chi connectivity index (χ1n) is 7.54. The van der Waals surface area contributed by atoms with Gasteiger partial charge < -0.3 is 9.26 Å². The molecular formula is C17H20N4O2. The molecule has 3 aromatic rings. The first-order chi connectivity index (χ1) is 11.2. The summed E-state index contributed by atoms with van der Waals surface area (Å²) in [5.41, 5.74) is 2.02. The van der Waals surface area contributed by atoms with E-state index in [-0.39, 0.29) is 6.10 Å². The lowest BCUT2D eigenvalue weighted by atomic mass is 10.2. The summed E-state index contributed by atoms with van der Waals surface area (Å²) in [4.78, 5) is 11.1. The molecule has 6 heteroatoms. The van der Waals surface area contributed by atoms with Crippen molar-refractivity contribution < 1.29 is 9.26 Å². The Morgan fingerprint density at radius 1 is 1.13 bits per heavy atom. The summed E-state index contributed by atoms with van der Waals surface area (Å²) in [6.45, 7) is 3.16. The van der Waals surface area contributed by atoms with Crippen LogP contribution in [0.25, 0.3) is 10.9 Å². The molecule has 0 bridgehead atoms. The average Bonchev–Trinajstić information content (AvgIpc) is 3.02. The molecule has 0 saturated heterocycles. The van der Waals surface area contributed by atoms with E-state index in [0.717, 1.165) is 16.6 Å². The molecule has 2 heterocycles. The summed E-state index contributed by atoms with van der Waals surface area (Å²) in [6.07, 6.45) is -0.167. The van der Waals surface area contributed by atoms with Gasteiger partial charge >= 0.3 is 0 Å². The molecule has 1 unspecified atom stereocenters. The monoisotopic (exact) mass is 312 g/mol. The lowest BCUT2D eigenvalue weighted by Crippen LogP contribution is -2.18. The van der Waals surface area contributed by atoms with Gasteiger partial charge in [0.05, 0.1) is 17.8 Å². The molecule has 0 spiro atoms. The summed E-state index contributed by atoms with van der Waals surface area (Å²) < 4.78 is 10.4. The molecule has 0 fully saturated rings. The Morgan fingerprint density at radius 2 is 1.96 bits per heavy atom. The van der Waals surface area contributed by atoms with Crippen LogP contribution in [0.1, 0.15) is 30.4 Å². The summed E-state index contributed by atoms with van der Waals surface area (Å²) in [5.74, 6) is 1.15. The van der Waals surface area contributed by atoms with Crippen molar-refractivity contribution in [1.82, 2.24) is 20.0 Å². The van der Waals surface area contributed by atoms with Gasteiger partial charge in [-0.2, -0.15) is 4.98 Å². The summed E-state index contributed by atoms with van der Waals surface area (Å²) in [7, 11) is 3.62. The zero-order chi connectivity index (χ0) is 16.2. The zero-order valence-corrected chi connectivity index (χ0v) is 13.6. The summed E-state index contributed by atoms with van der Waals surface area (Å²) in [5, 5.41) is 5.08. The van der Waals surface area contributed by atoms with Gasteiger partial charge in [-0.1, -0.05) is 29.4 Å². The molecule has 0 amide bonds. The minimum atomic E-state index is -0.167. The fourth-order valence-electron chi connectivity index (χ4n) is 2.36. The van der Waals surface area contributed by atoms with E-state index in [9.17, 15) is 0 Å². The molecular weight excluding hydrogens is 292 g/mol. The Bertz CT molecular complexity index is 787. The van der Waals surface area contributed by atoms with Crippen LogP contribution in [0.2, 0.25) is 0 Å². The van der Waals surface area contributed by atoms with Crippen LogP contribution in [0, 0.1) is 0 Å². The Balaban J connectivity index is 1.66. The van der Waals surface area contributed by atoms with Crippen molar-refractivity contribution in [2.45, 2.75) is 26.1 Å². The molecule has 23 heavy (non-hydrogen) atoms. The highest BCUT2D eigenvalue weighted by atomic mass is 16.5. The van der Waals surface area contributed by atoms with Gasteiger partial charge in [0.1, 0.15) is 6.10 Å². The van der Waals surface area contributed by atoms with Crippen molar-refractivity contribution in [3.8, 4) is 0 Å². The van der Waals surface area contributed by atoms with E-state index >= 15 is 0 Å². The molecule has 0 aliphatic rings. The maximum absolute atomic E-state index is 5.26. The van der Waals surface area contributed by atoms with Gasteiger partial charge in [0.15, 0.2) is 5.82 Å². The molecule has 0 radical (unpaired) electrons. The number of para-hydroxylation sites is 1. The van der Waals surface area contributed by atoms with Crippen LogP contribution in [0.15, 0.2) is 40.9 Å². The molecule has 120 valence electrons. The number of hydrogen-bond donors (Lipinski definition) is 0. The fraction of sp³-hybridized carbons (Fsp3) is 0.353. The predicted molar refractivity (Wildman–Crippen MR) is 86.6 cm³/mol. The maximum Gasteiger partial charge on any atom is 0.240 e. The second-order valence-corrected chi connectivity index (χ2v) is 5.59. The van der Waals surface area contributed by atoms with Crippen molar-refractivity contribution in [3.63, 3.8) is 0 Å². The van der Waals surface area contributed by atoms with Crippen LogP contribution < -0.4 is 0 Å². The number of rotatable bonds is 6. The minimum Gasteiger partial charge on any atom is -0.374 e. The van der Waals surface area contributed by atoms with Gasteiger partial charge in [-0.15, -0.1) is 0 Å². The van der Waals surface area contributed by atoms with Gasteiger partial charge in [-0.05, 0) is 26.1 Å². The van der Waals surface area contributed by atoms with Crippen molar-refractivity contribution >= 4 is 10.9 Å². The van der Waals surface area contributed by atoms with Gasteiger partial charge in [-0.3, -0.25) is 9.88 Å². The molecule has 1 atom stereocenters. The Labute approximate surface area is 135 Å². The second kappa shape index (κ2) is 6.85. The Kier molecular flexibility index (Phi) is 4.64. The molecule has 0 aliphatic carbocycles. The highest BCUT2D eigenvalue weighted by Gasteiger charge is 2.14. The number of ether oxygens (including phenoxy) is 1. The summed E-state index contributed by atoms with van der Waals surface area (Å²) in [6, 6.07) is 12.2. The normalized spacial score (nSPS) is 12.9. The van der Waals surface area contributed by atoms with E-state index in [0.29, 0.717) is 24.8 Å². The van der Waals surface area contributed by atoms with E-state index in [1.807, 2.05) is 38.2 Å². The van der Waals surface area contributed by atoms with E-state index in [1.54, 1.807) is 7.11 Å². The van der Waals surface area contributed by atoms with E-state index in [4.69, 9.17) is 9.26 Å². The molecule has 6 nitrogen and oxygen atoms in total. The molecule has 0 saturated carbocycles. The Hall–Kier alpha value is -2.31. The third-order valence-electron chi connectivity index (χ3n) is 3.69. The molecule has 2 aromatic heterocycles. The predicted octanol–water partition coefficient (Wildman–Crippen LogP) is 2.96. The number of fused-ring (bicyclic) bond motifs is 1. The zero-order valence-electron chi connectivity index (χ0n) is 13.6. The standard InChI is InChI=1S/C17H20N4O2/c1-12(22-3)17-19-16(23-20-17)11-21(2)10-14-9-8-13-6-4-5-7-15(13)18-14/h4-9,12H,10-11H2,1-3H3. The van der Waals surface area contributed by atoms with Crippen LogP contribution in [-0.2, 0) is 17.8 Å². The average molecular weight is 312 g/mol. The Morgan fingerprint density at radius 3 is 2.78 bits per heavy atom. The number of methoxy groups -OCH3 is 1. The smallest absolute Gasteiger partial charge is 0.240 e. The molecule has 0 aliphatic heterocycles. The van der Waals surface area contributed by atoms with Gasteiger partial charge in [-0.25, -0.2) is 0 Å². The molecule has 1 aromatic carbocycles. The first kappa shape index (κ1) is 15.6. The number of hydrogen-bond acceptors (Lipinski definition) is 6. The minimum absolute atomic E-state index is 0.167. The fourth-order valence-corrected chi connectivity index (χ4v) is 2.36. The quantitative estimate of drug-likeness (QED) is 0.697. The maximum atomic E-state index is 5.26. The van der Waals surface area contributed by atoms with Gasteiger partial charge in [0.25, 0.3) is 0 Å². The van der Waals surface area contributed by atoms with E-state index in [1.165, 1.54) is 0 Å². The van der Waals surface area contributed by atoms with E-state index in [2.05, 4.69) is 32.2 Å². The van der Waals surface area contributed by atoms with Crippen molar-refractivity contribution in [2.24, 2.45) is 0 Å². The highest BCUT2D eigenvalue weighted by molar-refractivity contribution is 5.78. The molecule has 3 rings (SSSR count). The van der Waals surface area contributed by atoms with Gasteiger partial charge in [0, 0.05) is 19.0 Å². The number of nitrogens with zero attached hydrogens (tertiary/aromatic N) is 4. The first-order valence-corrected chi connectivity index (χ1v) is 7.54. The van der Waals surface area contributed by atoms with Crippen LogP contribution in [0.3, 0.4) is 0 Å². The number of pyridine rings is 1. The van der Waals surface area contributed by atoms with Crippen LogP contribution in [-0.4, -0.2) is 34.2 Å². The van der Waals surface area contributed by atoms with Crippen molar-refractivity contribution in [3.05, 3.63) is 53.8 Å². The molecule has 0 N–H and O–H groups in total. The topological polar surface area (TPSA) is 64.3 Å². The summed E-state index contributed by atoms with van der Waals surface area (Å²) >= 11 is 0. The SMILES string of the molecule is COC(C)c1noc(CN(C)Cc2ccc3ccccc3n2)n1. The van der Waals surface area contributed by atoms with Crippen LogP contribution >= 0.6 is 0 Å². The lowest BCUT2D eigenvalue weighted by molar-refractivity contribution is 0.109. The third kappa shape index (κ3) is 3.72. The highest BCUT2D eigenvalue weighted by Crippen LogP contribution is 2.15. The van der Waals surface area contributed by atoms with Crippen molar-refractivity contribution in [1.29, 1.82) is 0 Å². The van der Waals surface area contributed by atoms with Crippen LogP contribution in [0.4, 0.5) is 0 Å². The second-order valence-electron chi connectivity index (χ2n) is 5.59. The number of benzene rings is 1. The van der Waals surface area contributed by atoms with Crippen LogP contribution in [0.5, 0.6) is 0 Å². The largest absolute Gasteiger partial charge is 0.374 e. The number of aromatic nitrogens is 3. The van der Waals surface area contributed by atoms with Gasteiger partial charge in [0.2, 0.25) is 5.89 Å².